The lowest BCUT2D eigenvalue weighted by molar-refractivity contribution is -0.138. The molecule has 0 saturated heterocycles. The number of likely N-dealkylation sites (N-methyl/N-ethyl adjacent to an activating group) is 1. The lowest BCUT2D eigenvalue weighted by Gasteiger charge is -1.97. The molecule has 0 aromatic heterocycles. The molecule has 0 aliphatic carbocycles. The van der Waals surface area contributed by atoms with Crippen LogP contribution < -0.4 is 5.32 Å². The molecule has 1 amide bonds. The third-order valence-corrected chi connectivity index (χ3v) is 0.929. The van der Waals surface area contributed by atoms with Gasteiger partial charge in [-0.3, -0.25) is 9.59 Å². The van der Waals surface area contributed by atoms with Crippen LogP contribution in [0.25, 0.3) is 0 Å². The van der Waals surface area contributed by atoms with E-state index in [1.807, 2.05) is 0 Å². The zero-order valence-corrected chi connectivity index (χ0v) is 5.89. The summed E-state index contributed by atoms with van der Waals surface area (Å²) in [7, 11) is 0. The normalized spacial score (nSPS) is 9.00. The Labute approximate surface area is 59.2 Å². The smallest absolute Gasteiger partial charge is 0.287 e. The maximum atomic E-state index is 10.6. The number of carbonyl (C=O) groups is 2. The fourth-order valence-electron chi connectivity index (χ4n) is 0.474. The Kier molecular flexibility index (Phi) is 4.49. The number of Topliss-reactive ketones (excluding diaryl/α,β-unsaturated/α-hetero) is 1. The summed E-state index contributed by atoms with van der Waals surface area (Å²) in [4.78, 5) is 21.1. The van der Waals surface area contributed by atoms with Crippen molar-refractivity contribution in [2.24, 2.45) is 0 Å². The van der Waals surface area contributed by atoms with Gasteiger partial charge in [0, 0.05) is 13.0 Å². The number of nitrogens with one attached hydrogen (secondary N) is 1. The van der Waals surface area contributed by atoms with Crippen molar-refractivity contribution in [2.45, 2.75) is 13.3 Å². The van der Waals surface area contributed by atoms with E-state index in [0.29, 0.717) is 6.54 Å². The predicted octanol–water partition coefficient (Wildman–Crippen LogP) is -0.926. The number of amides is 1. The molecule has 0 atom stereocenters. The van der Waals surface area contributed by atoms with Gasteiger partial charge in [-0.05, 0) is 6.92 Å². The molecule has 2 N–H and O–H groups in total. The highest BCUT2D eigenvalue weighted by atomic mass is 16.3. The molecule has 0 bridgehead atoms. The van der Waals surface area contributed by atoms with Gasteiger partial charge in [-0.1, -0.05) is 0 Å². The van der Waals surface area contributed by atoms with Crippen LogP contribution in [0.5, 0.6) is 0 Å². The van der Waals surface area contributed by atoms with E-state index in [2.05, 4.69) is 5.32 Å². The molecule has 0 saturated carbocycles. The zero-order valence-electron chi connectivity index (χ0n) is 5.89. The molecule has 0 aliphatic heterocycles. The second-order valence-corrected chi connectivity index (χ2v) is 1.76. The second-order valence-electron chi connectivity index (χ2n) is 1.76. The number of aliphatic hydroxyl groups excluding tert-OH is 1. The molecule has 0 aromatic carbocycles. The molecule has 0 radical (unpaired) electrons. The second kappa shape index (κ2) is 4.93. The SMILES string of the molecule is CCNC(=O)C(=O)CCO. The summed E-state index contributed by atoms with van der Waals surface area (Å²) in [5, 5.41) is 10.6. The number of hydrogen-bond donors (Lipinski definition) is 2. The van der Waals surface area contributed by atoms with Gasteiger partial charge in [0.2, 0.25) is 5.78 Å². The number of ketones is 1. The van der Waals surface area contributed by atoms with Crippen LogP contribution in [0, 0.1) is 0 Å². The summed E-state index contributed by atoms with van der Waals surface area (Å²) in [5.41, 5.74) is 0. The highest BCUT2D eigenvalue weighted by molar-refractivity contribution is 6.36. The number of hydrogen-bond acceptors (Lipinski definition) is 3. The Balaban J connectivity index is 3.60. The van der Waals surface area contributed by atoms with Gasteiger partial charge in [0.1, 0.15) is 0 Å². The van der Waals surface area contributed by atoms with Crippen molar-refractivity contribution in [1.82, 2.24) is 5.32 Å². The topological polar surface area (TPSA) is 66.4 Å². The van der Waals surface area contributed by atoms with Gasteiger partial charge in [0.05, 0.1) is 6.61 Å². The Hall–Kier alpha value is -0.900. The number of carbonyl (C=O) groups excluding carboxylic acids is 2. The van der Waals surface area contributed by atoms with Crippen LogP contribution in [-0.2, 0) is 9.59 Å². The molecule has 0 spiro atoms. The summed E-state index contributed by atoms with van der Waals surface area (Å²) in [6, 6.07) is 0. The monoisotopic (exact) mass is 145 g/mol. The molecule has 0 heterocycles. The first-order valence-corrected chi connectivity index (χ1v) is 3.14. The van der Waals surface area contributed by atoms with Crippen LogP contribution in [0.15, 0.2) is 0 Å². The van der Waals surface area contributed by atoms with E-state index in [-0.39, 0.29) is 13.0 Å². The fourth-order valence-corrected chi connectivity index (χ4v) is 0.474. The summed E-state index contributed by atoms with van der Waals surface area (Å²) in [6.07, 6.45) is -0.0914. The molecule has 0 unspecified atom stereocenters. The van der Waals surface area contributed by atoms with Gasteiger partial charge in [-0.25, -0.2) is 0 Å². The maximum Gasteiger partial charge on any atom is 0.287 e. The molecule has 4 nitrogen and oxygen atoms in total. The molecule has 10 heavy (non-hydrogen) atoms. The summed E-state index contributed by atoms with van der Waals surface area (Å²) in [6.45, 7) is 1.90. The average molecular weight is 145 g/mol. The summed E-state index contributed by atoms with van der Waals surface area (Å²) in [5.74, 6) is -1.18. The largest absolute Gasteiger partial charge is 0.396 e. The fraction of sp³-hybridized carbons (Fsp3) is 0.667. The Morgan fingerprint density at radius 1 is 1.50 bits per heavy atom. The van der Waals surface area contributed by atoms with Crippen molar-refractivity contribution < 1.29 is 14.7 Å². The van der Waals surface area contributed by atoms with Gasteiger partial charge in [-0.15, -0.1) is 0 Å². The summed E-state index contributed by atoms with van der Waals surface area (Å²) >= 11 is 0. The number of aliphatic hydroxyl groups is 1. The highest BCUT2D eigenvalue weighted by Gasteiger charge is 2.09. The Morgan fingerprint density at radius 2 is 2.10 bits per heavy atom. The van der Waals surface area contributed by atoms with Crippen molar-refractivity contribution in [3.05, 3.63) is 0 Å². The van der Waals surface area contributed by atoms with E-state index in [1.165, 1.54) is 0 Å². The van der Waals surface area contributed by atoms with Crippen LogP contribution in [0.2, 0.25) is 0 Å². The molecular weight excluding hydrogens is 134 g/mol. The first kappa shape index (κ1) is 9.10. The van der Waals surface area contributed by atoms with Gasteiger partial charge in [0.25, 0.3) is 5.91 Å². The molecule has 58 valence electrons. The first-order valence-electron chi connectivity index (χ1n) is 3.14. The maximum absolute atomic E-state index is 10.6. The van der Waals surface area contributed by atoms with Crippen molar-refractivity contribution >= 4 is 11.7 Å². The van der Waals surface area contributed by atoms with E-state index in [1.54, 1.807) is 6.92 Å². The van der Waals surface area contributed by atoms with Crippen LogP contribution in [0.1, 0.15) is 13.3 Å². The Bertz CT molecular complexity index is 117. The van der Waals surface area contributed by atoms with Gasteiger partial charge < -0.3 is 10.4 Å². The molecule has 0 aliphatic rings. The van der Waals surface area contributed by atoms with Crippen LogP contribution in [0.4, 0.5) is 0 Å². The van der Waals surface area contributed by atoms with Crippen molar-refractivity contribution in [1.29, 1.82) is 0 Å². The standard InChI is InChI=1S/C6H11NO3/c1-2-7-6(10)5(9)3-4-8/h8H,2-4H2,1H3,(H,7,10). The minimum Gasteiger partial charge on any atom is -0.396 e. The quantitative estimate of drug-likeness (QED) is 0.502. The van der Waals surface area contributed by atoms with E-state index >= 15 is 0 Å². The van der Waals surface area contributed by atoms with Crippen LogP contribution >= 0.6 is 0 Å². The Morgan fingerprint density at radius 3 is 2.50 bits per heavy atom. The van der Waals surface area contributed by atoms with Gasteiger partial charge >= 0.3 is 0 Å². The lowest BCUT2D eigenvalue weighted by atomic mass is 10.3. The highest BCUT2D eigenvalue weighted by Crippen LogP contribution is 1.80. The predicted molar refractivity (Wildman–Crippen MR) is 35.4 cm³/mol. The molecule has 0 fully saturated rings. The minimum absolute atomic E-state index is 0.0914. The van der Waals surface area contributed by atoms with Crippen LogP contribution in [0.3, 0.4) is 0 Å². The van der Waals surface area contributed by atoms with E-state index < -0.39 is 11.7 Å². The van der Waals surface area contributed by atoms with E-state index in [0.717, 1.165) is 0 Å². The minimum atomic E-state index is -0.614. The molecular formula is C6H11NO3. The van der Waals surface area contributed by atoms with Gasteiger partial charge in [-0.2, -0.15) is 0 Å². The van der Waals surface area contributed by atoms with Crippen molar-refractivity contribution in [2.75, 3.05) is 13.2 Å². The molecule has 0 aromatic rings. The van der Waals surface area contributed by atoms with E-state index in [9.17, 15) is 9.59 Å². The third kappa shape index (κ3) is 3.19. The number of rotatable bonds is 4. The molecule has 4 heteroatoms. The first-order chi connectivity index (χ1) is 4.72. The lowest BCUT2D eigenvalue weighted by Crippen LogP contribution is -2.30. The van der Waals surface area contributed by atoms with Crippen molar-refractivity contribution in [3.8, 4) is 0 Å². The zero-order chi connectivity index (χ0) is 7.98. The van der Waals surface area contributed by atoms with E-state index in [4.69, 9.17) is 5.11 Å². The molecule has 0 rings (SSSR count). The third-order valence-electron chi connectivity index (χ3n) is 0.929. The summed E-state index contributed by atoms with van der Waals surface area (Å²) < 4.78 is 0. The van der Waals surface area contributed by atoms with Crippen LogP contribution in [-0.4, -0.2) is 29.9 Å². The average Bonchev–Trinajstić information content (AvgIpc) is 1.89. The van der Waals surface area contributed by atoms with Crippen molar-refractivity contribution in [3.63, 3.8) is 0 Å². The van der Waals surface area contributed by atoms with Gasteiger partial charge in [0.15, 0.2) is 0 Å².